The van der Waals surface area contributed by atoms with E-state index in [9.17, 15) is 8.96 Å². The molecule has 0 bridgehead atoms. The molecule has 0 amide bonds. The molecule has 0 fully saturated rings. The highest BCUT2D eigenvalue weighted by Gasteiger charge is 2.18. The van der Waals surface area contributed by atoms with E-state index in [0.717, 1.165) is 5.56 Å². The summed E-state index contributed by atoms with van der Waals surface area (Å²) in [7, 11) is -3.10. The summed E-state index contributed by atoms with van der Waals surface area (Å²) >= 11 is 0. The van der Waals surface area contributed by atoms with Crippen LogP contribution in [0.3, 0.4) is 0 Å². The Kier molecular flexibility index (Phi) is 3.91. The summed E-state index contributed by atoms with van der Waals surface area (Å²) < 4.78 is 31.0. The van der Waals surface area contributed by atoms with Crippen molar-refractivity contribution in [1.82, 2.24) is 0 Å². The molecule has 2 rings (SSSR count). The lowest BCUT2D eigenvalue weighted by atomic mass is 10.2. The Morgan fingerprint density at radius 1 is 1.16 bits per heavy atom. The van der Waals surface area contributed by atoms with Gasteiger partial charge in [0.15, 0.2) is 0 Å². The number of aryl methyl sites for hydroxylation is 1. The first-order valence-corrected chi connectivity index (χ1v) is 7.90. The van der Waals surface area contributed by atoms with Gasteiger partial charge in [0.1, 0.15) is 11.6 Å². The molecule has 2 aromatic rings. The summed E-state index contributed by atoms with van der Waals surface area (Å²) in [4.78, 5) is 0. The van der Waals surface area contributed by atoms with Crippen LogP contribution in [0.2, 0.25) is 0 Å². The summed E-state index contributed by atoms with van der Waals surface area (Å²) in [5, 5.41) is 2.77. The minimum atomic E-state index is -3.10. The molecule has 0 radical (unpaired) electrons. The first-order valence-electron chi connectivity index (χ1n) is 5.83. The van der Waals surface area contributed by atoms with Crippen molar-refractivity contribution in [3.63, 3.8) is 0 Å². The van der Waals surface area contributed by atoms with Crippen molar-refractivity contribution in [2.45, 2.75) is 6.92 Å². The molecule has 0 aliphatic carbocycles. The largest absolute Gasteiger partial charge is 0.429 e. The van der Waals surface area contributed by atoms with E-state index in [0.29, 0.717) is 11.4 Å². The smallest absolute Gasteiger partial charge is 0.338 e. The van der Waals surface area contributed by atoms with Gasteiger partial charge in [0.05, 0.1) is 0 Å². The predicted octanol–water partition coefficient (Wildman–Crippen LogP) is 4.45. The summed E-state index contributed by atoms with van der Waals surface area (Å²) in [6, 6.07) is 13.2. The van der Waals surface area contributed by atoms with Crippen LogP contribution in [-0.4, -0.2) is 6.66 Å². The van der Waals surface area contributed by atoms with E-state index >= 15 is 0 Å². The standard InChI is InChI=1S/C14H15FNO2P/c1-11-8-9-12(15)10-14(11)16-19(2,17)18-13-6-4-3-5-7-13/h3-10H,1-2H3,(H,16,17). The Morgan fingerprint density at radius 2 is 1.84 bits per heavy atom. The van der Waals surface area contributed by atoms with Gasteiger partial charge in [-0.3, -0.25) is 4.57 Å². The lowest BCUT2D eigenvalue weighted by Gasteiger charge is -2.18. The number of hydrogen-bond donors (Lipinski definition) is 1. The van der Waals surface area contributed by atoms with Gasteiger partial charge in [-0.25, -0.2) is 4.39 Å². The van der Waals surface area contributed by atoms with E-state index in [1.165, 1.54) is 18.8 Å². The molecule has 0 saturated carbocycles. The van der Waals surface area contributed by atoms with Crippen LogP contribution < -0.4 is 9.61 Å². The molecule has 1 atom stereocenters. The number of halogens is 1. The van der Waals surface area contributed by atoms with E-state index in [-0.39, 0.29) is 5.82 Å². The quantitative estimate of drug-likeness (QED) is 0.840. The van der Waals surface area contributed by atoms with Gasteiger partial charge in [0.25, 0.3) is 0 Å². The van der Waals surface area contributed by atoms with Crippen molar-refractivity contribution in [3.8, 4) is 5.75 Å². The van der Waals surface area contributed by atoms with Crippen molar-refractivity contribution in [1.29, 1.82) is 0 Å². The zero-order chi connectivity index (χ0) is 13.9. The highest BCUT2D eigenvalue weighted by molar-refractivity contribution is 7.60. The second-order valence-electron chi connectivity index (χ2n) is 4.32. The van der Waals surface area contributed by atoms with Crippen LogP contribution in [0.15, 0.2) is 48.5 Å². The van der Waals surface area contributed by atoms with Crippen molar-refractivity contribution >= 4 is 13.2 Å². The zero-order valence-electron chi connectivity index (χ0n) is 10.8. The van der Waals surface area contributed by atoms with E-state index in [2.05, 4.69) is 5.09 Å². The minimum absolute atomic E-state index is 0.382. The second kappa shape index (κ2) is 5.45. The Balaban J connectivity index is 2.17. The lowest BCUT2D eigenvalue weighted by molar-refractivity contribution is 0.493. The fourth-order valence-electron chi connectivity index (χ4n) is 1.64. The molecule has 1 N–H and O–H groups in total. The molecule has 0 heterocycles. The van der Waals surface area contributed by atoms with Gasteiger partial charge in [-0.2, -0.15) is 0 Å². The normalized spacial score (nSPS) is 13.6. The van der Waals surface area contributed by atoms with Gasteiger partial charge in [-0.1, -0.05) is 24.3 Å². The van der Waals surface area contributed by atoms with Crippen LogP contribution in [0.4, 0.5) is 10.1 Å². The van der Waals surface area contributed by atoms with Gasteiger partial charge in [-0.05, 0) is 36.8 Å². The Labute approximate surface area is 111 Å². The molecular weight excluding hydrogens is 264 g/mol. The molecule has 19 heavy (non-hydrogen) atoms. The molecule has 0 saturated heterocycles. The third-order valence-electron chi connectivity index (χ3n) is 2.55. The minimum Gasteiger partial charge on any atom is -0.429 e. The van der Waals surface area contributed by atoms with Crippen LogP contribution >= 0.6 is 7.52 Å². The van der Waals surface area contributed by atoms with Crippen molar-refractivity contribution in [2.24, 2.45) is 0 Å². The summed E-state index contributed by atoms with van der Waals surface area (Å²) in [5.41, 5.74) is 1.28. The van der Waals surface area contributed by atoms with Crippen molar-refractivity contribution in [3.05, 3.63) is 59.9 Å². The molecule has 0 spiro atoms. The predicted molar refractivity (Wildman–Crippen MR) is 75.4 cm³/mol. The third kappa shape index (κ3) is 3.83. The number of rotatable bonds is 4. The number of benzene rings is 2. The first-order chi connectivity index (χ1) is 8.96. The third-order valence-corrected chi connectivity index (χ3v) is 3.75. The monoisotopic (exact) mass is 279 g/mol. The second-order valence-corrected chi connectivity index (χ2v) is 6.42. The molecule has 0 aromatic heterocycles. The molecule has 100 valence electrons. The average Bonchev–Trinajstić information content (AvgIpc) is 2.34. The summed E-state index contributed by atoms with van der Waals surface area (Å²) in [5.74, 6) is 0.128. The topological polar surface area (TPSA) is 38.3 Å². The fraction of sp³-hybridized carbons (Fsp3) is 0.143. The maximum Gasteiger partial charge on any atom is 0.338 e. The average molecular weight is 279 g/mol. The Morgan fingerprint density at radius 3 is 2.53 bits per heavy atom. The number of hydrogen-bond acceptors (Lipinski definition) is 2. The van der Waals surface area contributed by atoms with Crippen molar-refractivity contribution in [2.75, 3.05) is 11.8 Å². The highest BCUT2D eigenvalue weighted by Crippen LogP contribution is 2.43. The molecule has 1 unspecified atom stereocenters. The van der Waals surface area contributed by atoms with Gasteiger partial charge in [0.2, 0.25) is 0 Å². The van der Waals surface area contributed by atoms with Gasteiger partial charge in [0, 0.05) is 12.4 Å². The molecule has 5 heteroatoms. The highest BCUT2D eigenvalue weighted by atomic mass is 31.2. The maximum absolute atomic E-state index is 13.2. The molecule has 3 nitrogen and oxygen atoms in total. The van der Waals surface area contributed by atoms with Gasteiger partial charge >= 0.3 is 7.52 Å². The number of anilines is 1. The van der Waals surface area contributed by atoms with Crippen LogP contribution in [0.5, 0.6) is 5.75 Å². The maximum atomic E-state index is 13.2. The fourth-order valence-corrected chi connectivity index (χ4v) is 2.89. The first kappa shape index (κ1) is 13.6. The van der Waals surface area contributed by atoms with Crippen LogP contribution in [-0.2, 0) is 4.57 Å². The SMILES string of the molecule is Cc1ccc(F)cc1NP(C)(=O)Oc1ccccc1. The van der Waals surface area contributed by atoms with Crippen LogP contribution in [0.1, 0.15) is 5.56 Å². The molecule has 0 aliphatic heterocycles. The van der Waals surface area contributed by atoms with Gasteiger partial charge in [-0.15, -0.1) is 0 Å². The van der Waals surface area contributed by atoms with E-state index < -0.39 is 7.52 Å². The van der Waals surface area contributed by atoms with Gasteiger partial charge < -0.3 is 9.61 Å². The molecular formula is C14H15FNO2P. The van der Waals surface area contributed by atoms with E-state index in [1.54, 1.807) is 30.3 Å². The Hall–Kier alpha value is -1.80. The number of nitrogens with one attached hydrogen (secondary N) is 1. The molecule has 0 aliphatic rings. The summed E-state index contributed by atoms with van der Waals surface area (Å²) in [6.45, 7) is 3.27. The lowest BCUT2D eigenvalue weighted by Crippen LogP contribution is -2.03. The van der Waals surface area contributed by atoms with Crippen LogP contribution in [0, 0.1) is 12.7 Å². The summed E-state index contributed by atoms with van der Waals surface area (Å²) in [6.07, 6.45) is 0. The Bertz CT molecular complexity index is 616. The molecule has 2 aromatic carbocycles. The van der Waals surface area contributed by atoms with E-state index in [1.807, 2.05) is 13.0 Å². The van der Waals surface area contributed by atoms with E-state index in [4.69, 9.17) is 4.52 Å². The zero-order valence-corrected chi connectivity index (χ0v) is 11.7. The van der Waals surface area contributed by atoms with Crippen LogP contribution in [0.25, 0.3) is 0 Å². The van der Waals surface area contributed by atoms with Crippen molar-refractivity contribution < 1.29 is 13.5 Å². The number of para-hydroxylation sites is 1.